The summed E-state index contributed by atoms with van der Waals surface area (Å²) in [5.74, 6) is -0.205. The van der Waals surface area contributed by atoms with Gasteiger partial charge in [-0.3, -0.25) is 4.79 Å². The molecule has 0 aliphatic carbocycles. The molecule has 5 heteroatoms. The van der Waals surface area contributed by atoms with Gasteiger partial charge in [-0.2, -0.15) is 0 Å². The van der Waals surface area contributed by atoms with E-state index in [4.69, 9.17) is 9.29 Å². The van der Waals surface area contributed by atoms with Crippen molar-refractivity contribution in [1.82, 2.24) is 0 Å². The van der Waals surface area contributed by atoms with Gasteiger partial charge in [0.15, 0.2) is 11.1 Å². The molecule has 82 valence electrons. The summed E-state index contributed by atoms with van der Waals surface area (Å²) >= 11 is -1.82. The lowest BCUT2D eigenvalue weighted by atomic mass is 10.2. The standard InChI is InChI=1S/C10H12O4S/c1-8(11)14-6-9-2-4-10(5-3-9)7-15(12)13/h2-5H,6-7H2,1H3,(H,12,13). The van der Waals surface area contributed by atoms with Crippen LogP contribution in [0.15, 0.2) is 24.3 Å². The van der Waals surface area contributed by atoms with Gasteiger partial charge in [-0.1, -0.05) is 24.3 Å². The van der Waals surface area contributed by atoms with Gasteiger partial charge in [0.1, 0.15) is 6.61 Å². The molecule has 0 spiro atoms. The number of esters is 1. The quantitative estimate of drug-likeness (QED) is 0.626. The minimum absolute atomic E-state index is 0.119. The number of ether oxygens (including phenoxy) is 1. The van der Waals surface area contributed by atoms with Crippen molar-refractivity contribution in [2.24, 2.45) is 0 Å². The third-order valence-electron chi connectivity index (χ3n) is 1.76. The van der Waals surface area contributed by atoms with Gasteiger partial charge < -0.3 is 9.29 Å². The van der Waals surface area contributed by atoms with Crippen LogP contribution in [-0.2, 0) is 33.0 Å². The van der Waals surface area contributed by atoms with Crippen LogP contribution in [0, 0.1) is 0 Å². The topological polar surface area (TPSA) is 63.6 Å². The molecule has 0 amide bonds. The molecule has 0 saturated carbocycles. The maximum atomic E-state index is 10.5. The van der Waals surface area contributed by atoms with Crippen molar-refractivity contribution in [2.75, 3.05) is 0 Å². The SMILES string of the molecule is CC(=O)OCc1ccc(CS(=O)O)cc1. The van der Waals surface area contributed by atoms with E-state index in [9.17, 15) is 9.00 Å². The van der Waals surface area contributed by atoms with E-state index in [-0.39, 0.29) is 18.3 Å². The zero-order valence-corrected chi connectivity index (χ0v) is 9.12. The van der Waals surface area contributed by atoms with E-state index in [1.54, 1.807) is 24.3 Å². The minimum Gasteiger partial charge on any atom is -0.461 e. The Kier molecular flexibility index (Phi) is 4.45. The van der Waals surface area contributed by atoms with Gasteiger partial charge >= 0.3 is 5.97 Å². The molecule has 0 heterocycles. The van der Waals surface area contributed by atoms with Crippen molar-refractivity contribution in [2.45, 2.75) is 19.3 Å². The monoisotopic (exact) mass is 228 g/mol. The number of hydrogen-bond acceptors (Lipinski definition) is 3. The van der Waals surface area contributed by atoms with Gasteiger partial charge in [-0.25, -0.2) is 4.21 Å². The summed E-state index contributed by atoms with van der Waals surface area (Å²) in [7, 11) is 0. The van der Waals surface area contributed by atoms with Gasteiger partial charge in [0.2, 0.25) is 0 Å². The molecule has 0 saturated heterocycles. The molecule has 0 fully saturated rings. The Balaban J connectivity index is 2.56. The lowest BCUT2D eigenvalue weighted by Crippen LogP contribution is -1.99. The third-order valence-corrected chi connectivity index (χ3v) is 2.34. The van der Waals surface area contributed by atoms with Crippen LogP contribution in [-0.4, -0.2) is 14.7 Å². The smallest absolute Gasteiger partial charge is 0.302 e. The van der Waals surface area contributed by atoms with E-state index in [1.165, 1.54) is 6.92 Å². The van der Waals surface area contributed by atoms with Crippen LogP contribution < -0.4 is 0 Å². The largest absolute Gasteiger partial charge is 0.461 e. The number of carbonyl (C=O) groups is 1. The fourth-order valence-corrected chi connectivity index (χ4v) is 1.54. The Morgan fingerprint density at radius 2 is 1.87 bits per heavy atom. The fourth-order valence-electron chi connectivity index (χ4n) is 1.06. The molecule has 0 aliphatic heterocycles. The molecule has 0 aromatic heterocycles. The van der Waals surface area contributed by atoms with Gasteiger partial charge in [0, 0.05) is 6.92 Å². The predicted molar refractivity (Wildman–Crippen MR) is 56.4 cm³/mol. The van der Waals surface area contributed by atoms with E-state index >= 15 is 0 Å². The highest BCUT2D eigenvalue weighted by molar-refractivity contribution is 7.78. The van der Waals surface area contributed by atoms with Gasteiger partial charge in [-0.05, 0) is 11.1 Å². The molecule has 1 aromatic carbocycles. The van der Waals surface area contributed by atoms with E-state index in [0.29, 0.717) is 0 Å². The van der Waals surface area contributed by atoms with Gasteiger partial charge in [0.05, 0.1) is 5.75 Å². The Labute approximate surface area is 90.5 Å². The van der Waals surface area contributed by atoms with E-state index in [0.717, 1.165) is 11.1 Å². The Morgan fingerprint density at radius 3 is 2.33 bits per heavy atom. The van der Waals surface area contributed by atoms with Crippen LogP contribution in [0.5, 0.6) is 0 Å². The highest BCUT2D eigenvalue weighted by atomic mass is 32.2. The highest BCUT2D eigenvalue weighted by Gasteiger charge is 1.99. The fraction of sp³-hybridized carbons (Fsp3) is 0.300. The third kappa shape index (κ3) is 4.71. The highest BCUT2D eigenvalue weighted by Crippen LogP contribution is 2.07. The number of hydrogen-bond donors (Lipinski definition) is 1. The summed E-state index contributed by atoms with van der Waals surface area (Å²) < 4.78 is 24.0. The van der Waals surface area contributed by atoms with Gasteiger partial charge in [-0.15, -0.1) is 0 Å². The lowest BCUT2D eigenvalue weighted by Gasteiger charge is -2.03. The normalized spacial score (nSPS) is 12.1. The molecule has 0 radical (unpaired) electrons. The Bertz CT molecular complexity index is 358. The Hall–Kier alpha value is -1.20. The zero-order chi connectivity index (χ0) is 11.3. The first-order chi connectivity index (χ1) is 7.08. The summed E-state index contributed by atoms with van der Waals surface area (Å²) in [5, 5.41) is 0. The first-order valence-corrected chi connectivity index (χ1v) is 5.64. The molecule has 1 unspecified atom stereocenters. The molecule has 1 N–H and O–H groups in total. The van der Waals surface area contributed by atoms with Crippen molar-refractivity contribution in [3.05, 3.63) is 35.4 Å². The molecule has 4 nitrogen and oxygen atoms in total. The second-order valence-electron chi connectivity index (χ2n) is 3.06. The van der Waals surface area contributed by atoms with Crippen LogP contribution in [0.25, 0.3) is 0 Å². The number of carbonyl (C=O) groups excluding carboxylic acids is 1. The molecular formula is C10H12O4S. The maximum absolute atomic E-state index is 10.5. The number of benzene rings is 1. The molecule has 0 bridgehead atoms. The Morgan fingerprint density at radius 1 is 1.33 bits per heavy atom. The van der Waals surface area contributed by atoms with E-state index in [1.807, 2.05) is 0 Å². The minimum atomic E-state index is -1.82. The van der Waals surface area contributed by atoms with E-state index in [2.05, 4.69) is 0 Å². The van der Waals surface area contributed by atoms with Crippen LogP contribution in [0.3, 0.4) is 0 Å². The average Bonchev–Trinajstić information content (AvgIpc) is 2.16. The van der Waals surface area contributed by atoms with Crippen molar-refractivity contribution >= 4 is 17.0 Å². The van der Waals surface area contributed by atoms with Crippen LogP contribution in [0.4, 0.5) is 0 Å². The molecule has 15 heavy (non-hydrogen) atoms. The predicted octanol–water partition coefficient (Wildman–Crippen LogP) is 1.47. The summed E-state index contributed by atoms with van der Waals surface area (Å²) in [6, 6.07) is 7.02. The van der Waals surface area contributed by atoms with Crippen molar-refractivity contribution in [1.29, 1.82) is 0 Å². The summed E-state index contributed by atoms with van der Waals surface area (Å²) in [4.78, 5) is 10.5. The van der Waals surface area contributed by atoms with Crippen LogP contribution in [0.2, 0.25) is 0 Å². The molecule has 1 rings (SSSR count). The lowest BCUT2D eigenvalue weighted by molar-refractivity contribution is -0.142. The number of rotatable bonds is 4. The van der Waals surface area contributed by atoms with Crippen molar-refractivity contribution in [3.63, 3.8) is 0 Å². The second kappa shape index (κ2) is 5.63. The van der Waals surface area contributed by atoms with Gasteiger partial charge in [0.25, 0.3) is 0 Å². The van der Waals surface area contributed by atoms with Crippen LogP contribution in [0.1, 0.15) is 18.1 Å². The summed E-state index contributed by atoms with van der Waals surface area (Å²) in [6.07, 6.45) is 0. The second-order valence-corrected chi connectivity index (χ2v) is 3.99. The first kappa shape index (κ1) is 11.9. The zero-order valence-electron chi connectivity index (χ0n) is 8.30. The van der Waals surface area contributed by atoms with Crippen LogP contribution >= 0.6 is 0 Å². The molecule has 0 aliphatic rings. The van der Waals surface area contributed by atoms with E-state index < -0.39 is 11.1 Å². The average molecular weight is 228 g/mol. The van der Waals surface area contributed by atoms with Crippen molar-refractivity contribution < 1.29 is 18.3 Å². The maximum Gasteiger partial charge on any atom is 0.302 e. The van der Waals surface area contributed by atoms with Crippen molar-refractivity contribution in [3.8, 4) is 0 Å². The molecular weight excluding hydrogens is 216 g/mol. The summed E-state index contributed by atoms with van der Waals surface area (Å²) in [5.41, 5.74) is 1.64. The molecule has 1 aromatic rings. The molecule has 1 atom stereocenters. The summed E-state index contributed by atoms with van der Waals surface area (Å²) in [6.45, 7) is 1.58. The first-order valence-electron chi connectivity index (χ1n) is 4.36.